The summed E-state index contributed by atoms with van der Waals surface area (Å²) in [5, 5.41) is 0. The zero-order valence-electron chi connectivity index (χ0n) is 6.33. The summed E-state index contributed by atoms with van der Waals surface area (Å²) in [5.74, 6) is 0.111. The van der Waals surface area contributed by atoms with Crippen LogP contribution in [0.3, 0.4) is 0 Å². The van der Waals surface area contributed by atoms with Crippen LogP contribution in [-0.4, -0.2) is 20.1 Å². The van der Waals surface area contributed by atoms with Crippen LogP contribution in [0.25, 0.3) is 0 Å². The molecule has 4 heteroatoms. The van der Waals surface area contributed by atoms with Crippen LogP contribution >= 0.6 is 11.6 Å². The number of rotatable bonds is 3. The van der Waals surface area contributed by atoms with Gasteiger partial charge in [0.1, 0.15) is 0 Å². The molecule has 1 aromatic rings. The number of alkyl halides is 1. The van der Waals surface area contributed by atoms with Gasteiger partial charge in [0.25, 0.3) is 0 Å². The molecule has 0 aliphatic carbocycles. The minimum absolute atomic E-state index is 0.0153. The first-order chi connectivity index (χ1) is 5.67. The van der Waals surface area contributed by atoms with E-state index in [1.165, 1.54) is 12.1 Å². The number of hydrogen-bond acceptors (Lipinski definition) is 2. The van der Waals surface area contributed by atoms with Crippen molar-refractivity contribution in [2.75, 3.05) is 11.6 Å². The Labute approximate surface area is 77.1 Å². The Morgan fingerprint density at radius 1 is 1.33 bits per heavy atom. The summed E-state index contributed by atoms with van der Waals surface area (Å²) in [6.07, 6.45) is 0. The van der Waals surface area contributed by atoms with Crippen molar-refractivity contribution >= 4 is 21.4 Å². The van der Waals surface area contributed by atoms with Crippen LogP contribution in [0, 0.1) is 6.07 Å². The van der Waals surface area contributed by atoms with Gasteiger partial charge in [-0.3, -0.25) is 0 Å². The number of benzene rings is 1. The molecule has 12 heavy (non-hydrogen) atoms. The molecule has 1 radical (unpaired) electrons. The van der Waals surface area contributed by atoms with Crippen molar-refractivity contribution in [2.24, 2.45) is 0 Å². The van der Waals surface area contributed by atoms with E-state index in [2.05, 4.69) is 6.07 Å². The molecule has 0 N–H and O–H groups in total. The van der Waals surface area contributed by atoms with Crippen molar-refractivity contribution in [2.45, 2.75) is 4.90 Å². The fourth-order valence-corrected chi connectivity index (χ4v) is 2.40. The van der Waals surface area contributed by atoms with Gasteiger partial charge in [0.2, 0.25) is 0 Å². The maximum Gasteiger partial charge on any atom is 0.179 e. The fourth-order valence-electron chi connectivity index (χ4n) is 0.798. The molecular weight excluding hydrogens is 196 g/mol. The lowest BCUT2D eigenvalue weighted by molar-refractivity contribution is 0.597. The summed E-state index contributed by atoms with van der Waals surface area (Å²) < 4.78 is 22.7. The molecule has 2 nitrogen and oxygen atoms in total. The van der Waals surface area contributed by atoms with E-state index in [0.29, 0.717) is 4.90 Å². The van der Waals surface area contributed by atoms with Gasteiger partial charge in [-0.2, -0.15) is 0 Å². The molecule has 0 unspecified atom stereocenters. The lowest BCUT2D eigenvalue weighted by atomic mass is 10.4. The molecule has 1 rings (SSSR count). The normalized spacial score (nSPS) is 11.4. The van der Waals surface area contributed by atoms with Gasteiger partial charge in [0.15, 0.2) is 9.84 Å². The lowest BCUT2D eigenvalue weighted by Gasteiger charge is -1.99. The third-order valence-electron chi connectivity index (χ3n) is 1.39. The maximum atomic E-state index is 11.3. The first kappa shape index (κ1) is 9.55. The molecule has 0 aliphatic heterocycles. The van der Waals surface area contributed by atoms with E-state index in [1.807, 2.05) is 0 Å². The summed E-state index contributed by atoms with van der Waals surface area (Å²) in [6, 6.07) is 8.92. The predicted octanol–water partition coefficient (Wildman–Crippen LogP) is 1.50. The van der Waals surface area contributed by atoms with Crippen molar-refractivity contribution in [3.05, 3.63) is 30.3 Å². The van der Waals surface area contributed by atoms with Crippen LogP contribution in [0.15, 0.2) is 29.2 Å². The SMILES string of the molecule is O=S(=O)(CCCl)c1cc[c]cc1. The van der Waals surface area contributed by atoms with E-state index in [0.717, 1.165) is 0 Å². The third-order valence-corrected chi connectivity index (χ3v) is 3.54. The number of halogens is 1. The standard InChI is InChI=1S/C8H8ClO2S/c9-6-7-12(10,11)8-4-2-1-3-5-8/h2-5H,6-7H2. The molecule has 0 atom stereocenters. The Morgan fingerprint density at radius 3 is 2.42 bits per heavy atom. The predicted molar refractivity (Wildman–Crippen MR) is 48.1 cm³/mol. The molecule has 0 heterocycles. The molecule has 0 aromatic heterocycles. The molecule has 0 saturated carbocycles. The van der Waals surface area contributed by atoms with E-state index < -0.39 is 9.84 Å². The lowest BCUT2D eigenvalue weighted by Crippen LogP contribution is -2.07. The van der Waals surface area contributed by atoms with Gasteiger partial charge in [-0.15, -0.1) is 11.6 Å². The zero-order valence-corrected chi connectivity index (χ0v) is 7.90. The van der Waals surface area contributed by atoms with Crippen molar-refractivity contribution in [3.8, 4) is 0 Å². The summed E-state index contributed by atoms with van der Waals surface area (Å²) in [7, 11) is -3.16. The molecule has 1 aromatic carbocycles. The second-order valence-electron chi connectivity index (χ2n) is 2.24. The molecule has 0 aliphatic rings. The van der Waals surface area contributed by atoms with E-state index in [9.17, 15) is 8.42 Å². The zero-order chi connectivity index (χ0) is 9.03. The third kappa shape index (κ3) is 2.22. The van der Waals surface area contributed by atoms with Crippen LogP contribution in [0.1, 0.15) is 0 Å². The second-order valence-corrected chi connectivity index (χ2v) is 4.73. The Balaban J connectivity index is 2.99. The van der Waals surface area contributed by atoms with E-state index >= 15 is 0 Å². The average Bonchev–Trinajstić information content (AvgIpc) is 2.06. The summed E-state index contributed by atoms with van der Waals surface area (Å²) in [6.45, 7) is 0. The van der Waals surface area contributed by atoms with Crippen LogP contribution in [0.2, 0.25) is 0 Å². The van der Waals surface area contributed by atoms with Crippen LogP contribution < -0.4 is 0 Å². The smallest absolute Gasteiger partial charge is 0.179 e. The quantitative estimate of drug-likeness (QED) is 0.698. The first-order valence-electron chi connectivity index (χ1n) is 3.41. The van der Waals surface area contributed by atoms with Crippen LogP contribution in [0.5, 0.6) is 0 Å². The van der Waals surface area contributed by atoms with Gasteiger partial charge in [-0.25, -0.2) is 8.42 Å². The Hall–Kier alpha value is -0.540. The molecule has 0 bridgehead atoms. The van der Waals surface area contributed by atoms with Gasteiger partial charge in [-0.05, 0) is 18.2 Å². The van der Waals surface area contributed by atoms with Crippen molar-refractivity contribution in [3.63, 3.8) is 0 Å². The first-order valence-corrected chi connectivity index (χ1v) is 5.60. The van der Waals surface area contributed by atoms with Gasteiger partial charge in [0, 0.05) is 5.88 Å². The molecule has 0 spiro atoms. The van der Waals surface area contributed by atoms with Crippen molar-refractivity contribution < 1.29 is 8.42 Å². The maximum absolute atomic E-state index is 11.3. The monoisotopic (exact) mass is 203 g/mol. The Morgan fingerprint density at radius 2 is 1.92 bits per heavy atom. The summed E-state index contributed by atoms with van der Waals surface area (Å²) in [4.78, 5) is 0.307. The highest BCUT2D eigenvalue weighted by molar-refractivity contribution is 7.91. The highest BCUT2D eigenvalue weighted by atomic mass is 35.5. The summed E-state index contributed by atoms with van der Waals surface area (Å²) in [5.41, 5.74) is 0. The average molecular weight is 204 g/mol. The van der Waals surface area contributed by atoms with Crippen molar-refractivity contribution in [1.29, 1.82) is 0 Å². The second kappa shape index (κ2) is 3.92. The molecule has 0 amide bonds. The summed E-state index contributed by atoms with van der Waals surface area (Å²) >= 11 is 5.35. The number of sulfone groups is 1. The van der Waals surface area contributed by atoms with E-state index in [4.69, 9.17) is 11.6 Å². The van der Waals surface area contributed by atoms with Crippen LogP contribution in [-0.2, 0) is 9.84 Å². The van der Waals surface area contributed by atoms with Crippen molar-refractivity contribution in [1.82, 2.24) is 0 Å². The van der Waals surface area contributed by atoms with Gasteiger partial charge in [0.05, 0.1) is 10.6 Å². The number of hydrogen-bond donors (Lipinski definition) is 0. The topological polar surface area (TPSA) is 34.1 Å². The minimum Gasteiger partial charge on any atom is -0.224 e. The fraction of sp³-hybridized carbons (Fsp3) is 0.250. The van der Waals surface area contributed by atoms with Gasteiger partial charge >= 0.3 is 0 Å². The largest absolute Gasteiger partial charge is 0.224 e. The van der Waals surface area contributed by atoms with E-state index in [-0.39, 0.29) is 11.6 Å². The highest BCUT2D eigenvalue weighted by Crippen LogP contribution is 2.09. The highest BCUT2D eigenvalue weighted by Gasteiger charge is 2.11. The Kier molecular flexibility index (Phi) is 3.12. The molecule has 0 fully saturated rings. The minimum atomic E-state index is -3.16. The Bertz CT molecular complexity index is 331. The van der Waals surface area contributed by atoms with Crippen LogP contribution in [0.4, 0.5) is 0 Å². The molecular formula is C8H8ClO2S. The van der Waals surface area contributed by atoms with Gasteiger partial charge in [-0.1, -0.05) is 12.1 Å². The van der Waals surface area contributed by atoms with Gasteiger partial charge < -0.3 is 0 Å². The molecule has 0 saturated heterocycles. The van der Waals surface area contributed by atoms with E-state index in [1.54, 1.807) is 12.1 Å². The molecule has 65 valence electrons.